The summed E-state index contributed by atoms with van der Waals surface area (Å²) in [5.41, 5.74) is 0.461. The monoisotopic (exact) mass is 418 g/mol. The van der Waals surface area contributed by atoms with Gasteiger partial charge in [0.1, 0.15) is 6.61 Å². The van der Waals surface area contributed by atoms with Gasteiger partial charge in [0.2, 0.25) is 0 Å². The number of ether oxygens (including phenoxy) is 4. The molecular formula is C15H15IO6. The highest BCUT2D eigenvalue weighted by atomic mass is 127. The average Bonchev–Trinajstić information content (AvgIpc) is 2.90. The summed E-state index contributed by atoms with van der Waals surface area (Å²) in [5.74, 6) is -1.58. The summed E-state index contributed by atoms with van der Waals surface area (Å²) in [4.78, 5) is 24.2. The second-order valence-corrected chi connectivity index (χ2v) is 6.69. The molecule has 3 atom stereocenters. The van der Waals surface area contributed by atoms with Gasteiger partial charge in [0, 0.05) is 3.57 Å². The van der Waals surface area contributed by atoms with E-state index in [0.717, 1.165) is 3.57 Å². The van der Waals surface area contributed by atoms with Crippen LogP contribution in [0.15, 0.2) is 24.3 Å². The standard InChI is InChI=1S/C15H15IO6/c1-15(2)21-12-11(17)10(20-14(12)22-15)7-19-13(18)8-5-3-4-6-9(8)16/h3-6,10,12,14H,7H2,1-2H3/t10-,12?,14-/m0/s1. The van der Waals surface area contributed by atoms with E-state index in [1.54, 1.807) is 26.0 Å². The van der Waals surface area contributed by atoms with Gasteiger partial charge in [-0.1, -0.05) is 12.1 Å². The second kappa shape index (κ2) is 5.88. The van der Waals surface area contributed by atoms with Crippen LogP contribution in [0.25, 0.3) is 0 Å². The second-order valence-electron chi connectivity index (χ2n) is 5.53. The highest BCUT2D eigenvalue weighted by Crippen LogP contribution is 2.35. The number of esters is 1. The minimum atomic E-state index is -0.851. The molecule has 0 bridgehead atoms. The first-order valence-electron chi connectivity index (χ1n) is 6.84. The van der Waals surface area contributed by atoms with Crippen LogP contribution in [-0.2, 0) is 23.7 Å². The predicted octanol–water partition coefficient (Wildman–Crippen LogP) is 1.89. The van der Waals surface area contributed by atoms with Crippen LogP contribution >= 0.6 is 22.6 Å². The third-order valence-electron chi connectivity index (χ3n) is 3.41. The van der Waals surface area contributed by atoms with Crippen molar-refractivity contribution in [2.75, 3.05) is 6.61 Å². The molecule has 2 aliphatic heterocycles. The van der Waals surface area contributed by atoms with E-state index in [1.165, 1.54) is 0 Å². The molecule has 1 unspecified atom stereocenters. The van der Waals surface area contributed by atoms with Gasteiger partial charge in [-0.15, -0.1) is 0 Å². The number of hydrogen-bond donors (Lipinski definition) is 0. The van der Waals surface area contributed by atoms with Gasteiger partial charge in [-0.05, 0) is 48.6 Å². The molecule has 0 amide bonds. The number of carbonyl (C=O) groups is 2. The fourth-order valence-electron chi connectivity index (χ4n) is 2.41. The van der Waals surface area contributed by atoms with Crippen LogP contribution in [-0.4, -0.2) is 42.6 Å². The zero-order valence-electron chi connectivity index (χ0n) is 12.1. The van der Waals surface area contributed by atoms with Gasteiger partial charge in [-0.2, -0.15) is 0 Å². The molecule has 0 spiro atoms. The quantitative estimate of drug-likeness (QED) is 0.552. The highest BCUT2D eigenvalue weighted by Gasteiger charge is 2.54. The van der Waals surface area contributed by atoms with E-state index in [-0.39, 0.29) is 12.4 Å². The third-order valence-corrected chi connectivity index (χ3v) is 4.35. The molecule has 0 aliphatic carbocycles. The first kappa shape index (κ1) is 15.9. The van der Waals surface area contributed by atoms with Crippen LogP contribution in [0.2, 0.25) is 0 Å². The number of Topliss-reactive ketones (excluding diaryl/α,β-unsaturated/α-hetero) is 1. The fourth-order valence-corrected chi connectivity index (χ4v) is 3.02. The summed E-state index contributed by atoms with van der Waals surface area (Å²) in [6, 6.07) is 7.07. The number of fused-ring (bicyclic) bond motifs is 1. The first-order valence-corrected chi connectivity index (χ1v) is 7.92. The Bertz CT molecular complexity index is 614. The van der Waals surface area contributed by atoms with E-state index >= 15 is 0 Å². The smallest absolute Gasteiger partial charge is 0.339 e. The van der Waals surface area contributed by atoms with Gasteiger partial charge in [-0.25, -0.2) is 4.79 Å². The summed E-state index contributed by atoms with van der Waals surface area (Å²) in [6.07, 6.45) is -2.34. The molecule has 22 heavy (non-hydrogen) atoms. The molecule has 2 saturated heterocycles. The Morgan fingerprint density at radius 3 is 2.73 bits per heavy atom. The molecule has 2 heterocycles. The van der Waals surface area contributed by atoms with Crippen molar-refractivity contribution in [1.29, 1.82) is 0 Å². The highest BCUT2D eigenvalue weighted by molar-refractivity contribution is 14.1. The van der Waals surface area contributed by atoms with Crippen LogP contribution < -0.4 is 0 Å². The Morgan fingerprint density at radius 1 is 1.32 bits per heavy atom. The summed E-state index contributed by atoms with van der Waals surface area (Å²) >= 11 is 2.05. The van der Waals surface area contributed by atoms with Crippen molar-refractivity contribution < 1.29 is 28.5 Å². The Morgan fingerprint density at radius 2 is 2.05 bits per heavy atom. The molecule has 0 radical (unpaired) electrons. The van der Waals surface area contributed by atoms with Crippen LogP contribution in [0.3, 0.4) is 0 Å². The zero-order valence-corrected chi connectivity index (χ0v) is 14.2. The summed E-state index contributed by atoms with van der Waals surface area (Å²) in [5, 5.41) is 0. The minimum Gasteiger partial charge on any atom is -0.459 e. The number of hydrogen-bond acceptors (Lipinski definition) is 6. The fraction of sp³-hybridized carbons (Fsp3) is 0.467. The van der Waals surface area contributed by atoms with Crippen molar-refractivity contribution in [1.82, 2.24) is 0 Å². The molecule has 3 rings (SSSR count). The number of rotatable bonds is 3. The Kier molecular flexibility index (Phi) is 4.23. The molecule has 1 aromatic carbocycles. The average molecular weight is 418 g/mol. The number of benzene rings is 1. The molecule has 7 heteroatoms. The Balaban J connectivity index is 1.59. The SMILES string of the molecule is CC1(C)OC2C(=O)[C@H](COC(=O)c3ccccc3I)O[C@H]2O1. The molecule has 0 N–H and O–H groups in total. The van der Waals surface area contributed by atoms with Crippen molar-refractivity contribution in [2.45, 2.75) is 38.1 Å². The lowest BCUT2D eigenvalue weighted by Crippen LogP contribution is -2.33. The van der Waals surface area contributed by atoms with Crippen molar-refractivity contribution in [3.63, 3.8) is 0 Å². The van der Waals surface area contributed by atoms with Gasteiger partial charge in [0.25, 0.3) is 0 Å². The number of ketones is 1. The van der Waals surface area contributed by atoms with E-state index in [9.17, 15) is 9.59 Å². The summed E-state index contributed by atoms with van der Waals surface area (Å²) < 4.78 is 22.4. The van der Waals surface area contributed by atoms with Crippen LogP contribution in [0.1, 0.15) is 24.2 Å². The number of halogens is 1. The van der Waals surface area contributed by atoms with Gasteiger partial charge < -0.3 is 18.9 Å². The van der Waals surface area contributed by atoms with Crippen LogP contribution in [0.4, 0.5) is 0 Å². The molecule has 0 aromatic heterocycles. The molecular weight excluding hydrogens is 403 g/mol. The summed E-state index contributed by atoms with van der Waals surface area (Å²) in [6.45, 7) is 3.28. The normalized spacial score (nSPS) is 29.4. The minimum absolute atomic E-state index is 0.150. The van der Waals surface area contributed by atoms with Gasteiger partial charge in [-0.3, -0.25) is 4.79 Å². The van der Waals surface area contributed by atoms with Crippen molar-refractivity contribution in [2.24, 2.45) is 0 Å². The molecule has 1 aromatic rings. The topological polar surface area (TPSA) is 71.1 Å². The first-order chi connectivity index (χ1) is 10.4. The van der Waals surface area contributed by atoms with Gasteiger partial charge in [0.15, 0.2) is 30.1 Å². The lowest BCUT2D eigenvalue weighted by molar-refractivity contribution is -0.207. The molecule has 6 nitrogen and oxygen atoms in total. The van der Waals surface area contributed by atoms with Crippen LogP contribution in [0, 0.1) is 3.57 Å². The van der Waals surface area contributed by atoms with E-state index in [4.69, 9.17) is 18.9 Å². The van der Waals surface area contributed by atoms with E-state index in [2.05, 4.69) is 22.6 Å². The Hall–Kier alpha value is -1.03. The Labute approximate surface area is 141 Å². The lowest BCUT2D eigenvalue weighted by Gasteiger charge is -2.19. The molecule has 0 saturated carbocycles. The number of carbonyl (C=O) groups excluding carboxylic acids is 2. The van der Waals surface area contributed by atoms with E-state index < -0.39 is 30.3 Å². The van der Waals surface area contributed by atoms with Crippen LogP contribution in [0.5, 0.6) is 0 Å². The maximum atomic E-state index is 12.2. The maximum Gasteiger partial charge on any atom is 0.339 e. The molecule has 2 fully saturated rings. The molecule has 2 aliphatic rings. The summed E-state index contributed by atoms with van der Waals surface area (Å²) in [7, 11) is 0. The van der Waals surface area contributed by atoms with E-state index in [1.807, 2.05) is 12.1 Å². The largest absolute Gasteiger partial charge is 0.459 e. The van der Waals surface area contributed by atoms with Crippen molar-refractivity contribution in [3.05, 3.63) is 33.4 Å². The molecule has 118 valence electrons. The maximum absolute atomic E-state index is 12.2. The van der Waals surface area contributed by atoms with Crippen molar-refractivity contribution >= 4 is 34.3 Å². The zero-order chi connectivity index (χ0) is 15.9. The van der Waals surface area contributed by atoms with Crippen molar-refractivity contribution in [3.8, 4) is 0 Å². The van der Waals surface area contributed by atoms with E-state index in [0.29, 0.717) is 5.56 Å². The third kappa shape index (κ3) is 3.03. The lowest BCUT2D eigenvalue weighted by atomic mass is 10.2. The van der Waals surface area contributed by atoms with Gasteiger partial charge >= 0.3 is 5.97 Å². The predicted molar refractivity (Wildman–Crippen MR) is 83.1 cm³/mol. The van der Waals surface area contributed by atoms with Gasteiger partial charge in [0.05, 0.1) is 5.56 Å².